The first-order chi connectivity index (χ1) is 4.54. The molecular weight excluding hydrogens is 130 g/mol. The molecule has 0 rings (SSSR count). The zero-order valence-corrected chi connectivity index (χ0v) is 6.35. The number of rotatable bonds is 4. The van der Waals surface area contributed by atoms with Crippen LogP contribution in [0.2, 0.25) is 0 Å². The highest BCUT2D eigenvalue weighted by Crippen LogP contribution is 2.05. The fourth-order valence-electron chi connectivity index (χ4n) is 0.556. The molecule has 0 aliphatic heterocycles. The predicted molar refractivity (Wildman–Crippen MR) is 39.4 cm³/mol. The van der Waals surface area contributed by atoms with Gasteiger partial charge in [-0.15, -0.1) is 0 Å². The van der Waals surface area contributed by atoms with Gasteiger partial charge < -0.3 is 10.5 Å². The van der Waals surface area contributed by atoms with Crippen molar-refractivity contribution in [3.63, 3.8) is 0 Å². The normalized spacial score (nSPS) is 12.6. The molecule has 0 heterocycles. The van der Waals surface area contributed by atoms with Crippen molar-refractivity contribution >= 4 is 11.7 Å². The van der Waals surface area contributed by atoms with Crippen LogP contribution in [0.15, 0.2) is 0 Å². The number of carboxylic acids is 1. The molecule has 0 aliphatic carbocycles. The third-order valence-corrected chi connectivity index (χ3v) is 1.53. The summed E-state index contributed by atoms with van der Waals surface area (Å²) in [6.07, 6.45) is 0.738. The van der Waals surface area contributed by atoms with Crippen molar-refractivity contribution in [3.8, 4) is 0 Å². The van der Waals surface area contributed by atoms with E-state index in [9.17, 15) is 4.79 Å². The molecule has 0 saturated heterocycles. The lowest BCUT2D eigenvalue weighted by atomic mass is 10.0. The number of hydrogen-bond acceptors (Lipinski definition) is 2. The second-order valence-corrected chi connectivity index (χ2v) is 2.52. The van der Waals surface area contributed by atoms with Crippen molar-refractivity contribution in [3.05, 3.63) is 0 Å². The third-order valence-electron chi connectivity index (χ3n) is 1.53. The summed E-state index contributed by atoms with van der Waals surface area (Å²) in [6.45, 7) is 3.57. The zero-order valence-electron chi connectivity index (χ0n) is 6.35. The van der Waals surface area contributed by atoms with Crippen LogP contribution >= 0.6 is 0 Å². The van der Waals surface area contributed by atoms with Gasteiger partial charge in [-0.25, -0.2) is 0 Å². The highest BCUT2D eigenvalue weighted by Gasteiger charge is 2.05. The molecule has 3 nitrogen and oxygen atoms in total. The first-order valence-electron chi connectivity index (χ1n) is 3.31. The molecule has 0 aromatic heterocycles. The molecule has 0 aromatic rings. The van der Waals surface area contributed by atoms with Crippen LogP contribution in [0.4, 0.5) is 0 Å². The lowest BCUT2D eigenvalue weighted by Crippen LogP contribution is -2.07. The van der Waals surface area contributed by atoms with Gasteiger partial charge in [-0.3, -0.25) is 4.79 Å². The van der Waals surface area contributed by atoms with Gasteiger partial charge in [0, 0.05) is 12.1 Å². The predicted octanol–water partition coefficient (Wildman–Crippen LogP) is 1.53. The van der Waals surface area contributed by atoms with Crippen molar-refractivity contribution in [2.45, 2.75) is 26.7 Å². The van der Waals surface area contributed by atoms with Crippen LogP contribution < -0.4 is 0 Å². The Bertz CT molecular complexity index is 143. The van der Waals surface area contributed by atoms with Crippen LogP contribution in [0.1, 0.15) is 26.7 Å². The largest absolute Gasteiger partial charge is 0.481 e. The van der Waals surface area contributed by atoms with Crippen LogP contribution in [0.3, 0.4) is 0 Å². The van der Waals surface area contributed by atoms with E-state index in [1.165, 1.54) is 0 Å². The number of hydrogen-bond donors (Lipinski definition) is 2. The van der Waals surface area contributed by atoms with Gasteiger partial charge in [0.2, 0.25) is 0 Å². The minimum absolute atomic E-state index is 0.107. The molecule has 0 bridgehead atoms. The molecule has 1 atom stereocenters. The zero-order chi connectivity index (χ0) is 8.15. The van der Waals surface area contributed by atoms with E-state index in [4.69, 9.17) is 10.5 Å². The van der Waals surface area contributed by atoms with Gasteiger partial charge in [0.1, 0.15) is 0 Å². The minimum atomic E-state index is -0.784. The fourth-order valence-corrected chi connectivity index (χ4v) is 0.556. The minimum Gasteiger partial charge on any atom is -0.481 e. The van der Waals surface area contributed by atoms with Gasteiger partial charge in [0.15, 0.2) is 0 Å². The summed E-state index contributed by atoms with van der Waals surface area (Å²) < 4.78 is 0. The van der Waals surface area contributed by atoms with E-state index in [1.807, 2.05) is 6.92 Å². The molecule has 0 saturated carbocycles. The van der Waals surface area contributed by atoms with Crippen molar-refractivity contribution in [1.82, 2.24) is 0 Å². The topological polar surface area (TPSA) is 61.2 Å². The lowest BCUT2D eigenvalue weighted by molar-refractivity contribution is -0.137. The smallest absolute Gasteiger partial charge is 0.303 e. The molecular formula is C7H13NO2. The Balaban J connectivity index is 3.49. The van der Waals surface area contributed by atoms with E-state index in [0.717, 1.165) is 0 Å². The molecule has 3 heteroatoms. The van der Waals surface area contributed by atoms with Crippen LogP contribution in [0.25, 0.3) is 0 Å². The summed E-state index contributed by atoms with van der Waals surface area (Å²) in [6, 6.07) is 0. The van der Waals surface area contributed by atoms with E-state index in [2.05, 4.69) is 0 Å². The molecule has 0 spiro atoms. The molecule has 0 aliphatic rings. The van der Waals surface area contributed by atoms with Crippen LogP contribution in [0, 0.1) is 11.3 Å². The molecule has 2 N–H and O–H groups in total. The Morgan fingerprint density at radius 1 is 1.70 bits per heavy atom. The third kappa shape index (κ3) is 4.06. The highest BCUT2D eigenvalue weighted by atomic mass is 16.4. The molecule has 58 valence electrons. The lowest BCUT2D eigenvalue weighted by Gasteiger charge is -2.05. The Kier molecular flexibility index (Phi) is 3.69. The highest BCUT2D eigenvalue weighted by molar-refractivity contribution is 5.81. The second-order valence-electron chi connectivity index (χ2n) is 2.52. The van der Waals surface area contributed by atoms with Gasteiger partial charge in [-0.1, -0.05) is 6.92 Å². The second kappa shape index (κ2) is 4.04. The maximum absolute atomic E-state index is 10.1. The molecule has 1 unspecified atom stereocenters. The first kappa shape index (κ1) is 9.14. The van der Waals surface area contributed by atoms with Gasteiger partial charge >= 0.3 is 5.97 Å². The van der Waals surface area contributed by atoms with Crippen molar-refractivity contribution in [1.29, 1.82) is 5.41 Å². The number of carboxylic acid groups (broad SMARTS) is 1. The average molecular weight is 143 g/mol. The molecule has 10 heavy (non-hydrogen) atoms. The Morgan fingerprint density at radius 3 is 2.50 bits per heavy atom. The Hall–Kier alpha value is -0.860. The summed E-state index contributed by atoms with van der Waals surface area (Å²) >= 11 is 0. The van der Waals surface area contributed by atoms with Gasteiger partial charge in [0.05, 0.1) is 0 Å². The van der Waals surface area contributed by atoms with Crippen molar-refractivity contribution in [2.75, 3.05) is 0 Å². The van der Waals surface area contributed by atoms with E-state index in [-0.39, 0.29) is 12.3 Å². The molecule has 0 amide bonds. The quantitative estimate of drug-likeness (QED) is 0.586. The van der Waals surface area contributed by atoms with E-state index in [0.29, 0.717) is 12.1 Å². The van der Waals surface area contributed by atoms with Crippen molar-refractivity contribution < 1.29 is 9.90 Å². The Labute approximate surface area is 60.6 Å². The number of aliphatic carboxylic acids is 1. The fraction of sp³-hybridized carbons (Fsp3) is 0.714. The van der Waals surface area contributed by atoms with E-state index >= 15 is 0 Å². The number of carbonyl (C=O) groups is 1. The van der Waals surface area contributed by atoms with Crippen molar-refractivity contribution in [2.24, 2.45) is 5.92 Å². The Morgan fingerprint density at radius 2 is 2.20 bits per heavy atom. The summed E-state index contributed by atoms with van der Waals surface area (Å²) in [5.41, 5.74) is 0.557. The monoisotopic (exact) mass is 143 g/mol. The molecule has 0 radical (unpaired) electrons. The standard InChI is InChI=1S/C7H13NO2/c1-5(6(2)8)3-4-7(9)10/h5,8H,3-4H2,1-2H3,(H,9,10). The first-order valence-corrected chi connectivity index (χ1v) is 3.31. The van der Waals surface area contributed by atoms with Crippen LogP contribution in [0.5, 0.6) is 0 Å². The summed E-state index contributed by atoms with van der Waals surface area (Å²) in [7, 11) is 0. The summed E-state index contributed by atoms with van der Waals surface area (Å²) in [5.74, 6) is -0.677. The van der Waals surface area contributed by atoms with Gasteiger partial charge in [-0.05, 0) is 19.3 Å². The maximum atomic E-state index is 10.1. The molecule has 0 fully saturated rings. The summed E-state index contributed by atoms with van der Waals surface area (Å²) in [4.78, 5) is 10.1. The van der Waals surface area contributed by atoms with E-state index < -0.39 is 5.97 Å². The average Bonchev–Trinajstić information content (AvgIpc) is 1.82. The van der Waals surface area contributed by atoms with E-state index in [1.54, 1.807) is 6.92 Å². The SMILES string of the molecule is CC(=N)C(C)CCC(=O)O. The maximum Gasteiger partial charge on any atom is 0.303 e. The van der Waals surface area contributed by atoms with Gasteiger partial charge in [0.25, 0.3) is 0 Å². The van der Waals surface area contributed by atoms with Gasteiger partial charge in [-0.2, -0.15) is 0 Å². The van der Waals surface area contributed by atoms with Crippen LogP contribution in [-0.2, 0) is 4.79 Å². The summed E-state index contributed by atoms with van der Waals surface area (Å²) in [5, 5.41) is 15.4. The van der Waals surface area contributed by atoms with Crippen LogP contribution in [-0.4, -0.2) is 16.8 Å². The number of nitrogens with one attached hydrogen (secondary N) is 1. The molecule has 0 aromatic carbocycles.